The molecular weight excluding hydrogens is 243 g/mol. The van der Waals surface area contributed by atoms with Gasteiger partial charge in [-0.1, -0.05) is 0 Å². The first-order valence-electron chi connectivity index (χ1n) is 5.15. The molecule has 0 bridgehead atoms. The summed E-state index contributed by atoms with van der Waals surface area (Å²) in [6.07, 6.45) is 0. The van der Waals surface area contributed by atoms with Crippen LogP contribution in [0.25, 0.3) is 11.0 Å². The Bertz CT molecular complexity index is 617. The van der Waals surface area contributed by atoms with Crippen LogP contribution in [0.5, 0.6) is 0 Å². The molecule has 0 saturated carbocycles. The number of halogens is 1. The third-order valence-corrected chi connectivity index (χ3v) is 2.65. The molecule has 90 valence electrons. The van der Waals surface area contributed by atoms with Gasteiger partial charge in [-0.15, -0.1) is 0 Å². The summed E-state index contributed by atoms with van der Waals surface area (Å²) in [6.45, 7) is 2.09. The molecule has 4 nitrogen and oxygen atoms in total. The highest BCUT2D eigenvalue weighted by molar-refractivity contribution is 7.71. The van der Waals surface area contributed by atoms with Crippen LogP contribution in [-0.4, -0.2) is 22.1 Å². The first-order valence-corrected chi connectivity index (χ1v) is 5.56. The van der Waals surface area contributed by atoms with Crippen LogP contribution in [0.4, 0.5) is 4.39 Å². The molecule has 0 radical (unpaired) electrons. The lowest BCUT2D eigenvalue weighted by Crippen LogP contribution is -2.13. The van der Waals surface area contributed by atoms with Crippen LogP contribution < -0.4 is 0 Å². The number of esters is 1. The summed E-state index contributed by atoms with van der Waals surface area (Å²) < 4.78 is 19.8. The van der Waals surface area contributed by atoms with E-state index in [0.717, 1.165) is 0 Å². The summed E-state index contributed by atoms with van der Waals surface area (Å²) in [5.41, 5.74) is 1.25. The lowest BCUT2D eigenvalue weighted by Gasteiger charge is -2.03. The molecule has 0 aliphatic carbocycles. The zero-order chi connectivity index (χ0) is 12.4. The van der Waals surface area contributed by atoms with Crippen molar-refractivity contribution in [1.82, 2.24) is 9.55 Å². The number of ether oxygens (including phenoxy) is 1. The molecule has 0 unspecified atom stereocenters. The Morgan fingerprint density at radius 3 is 3.06 bits per heavy atom. The topological polar surface area (TPSA) is 47.0 Å². The van der Waals surface area contributed by atoms with E-state index in [1.807, 2.05) is 0 Å². The van der Waals surface area contributed by atoms with Gasteiger partial charge in [0.05, 0.1) is 17.6 Å². The number of hydrogen-bond acceptors (Lipinski definition) is 3. The second-order valence-electron chi connectivity index (χ2n) is 3.48. The lowest BCUT2D eigenvalue weighted by molar-refractivity contribution is -0.143. The van der Waals surface area contributed by atoms with Gasteiger partial charge in [0.1, 0.15) is 12.4 Å². The van der Waals surface area contributed by atoms with Gasteiger partial charge in [0.2, 0.25) is 0 Å². The number of rotatable bonds is 3. The van der Waals surface area contributed by atoms with E-state index >= 15 is 0 Å². The number of carbonyl (C=O) groups is 1. The molecule has 0 saturated heterocycles. The van der Waals surface area contributed by atoms with E-state index in [1.165, 1.54) is 12.1 Å². The van der Waals surface area contributed by atoms with Crippen molar-refractivity contribution in [3.8, 4) is 0 Å². The number of fused-ring (bicyclic) bond motifs is 1. The average molecular weight is 254 g/mol. The van der Waals surface area contributed by atoms with Crippen molar-refractivity contribution in [1.29, 1.82) is 0 Å². The van der Waals surface area contributed by atoms with E-state index < -0.39 is 0 Å². The number of aromatic amines is 1. The summed E-state index contributed by atoms with van der Waals surface area (Å²) in [4.78, 5) is 14.2. The highest BCUT2D eigenvalue weighted by Gasteiger charge is 2.09. The molecule has 0 spiro atoms. The fourth-order valence-electron chi connectivity index (χ4n) is 1.63. The van der Waals surface area contributed by atoms with Crippen molar-refractivity contribution in [3.63, 3.8) is 0 Å². The summed E-state index contributed by atoms with van der Waals surface area (Å²) in [5.74, 6) is -0.717. The zero-order valence-electron chi connectivity index (χ0n) is 9.20. The van der Waals surface area contributed by atoms with Gasteiger partial charge in [-0.3, -0.25) is 4.79 Å². The fraction of sp³-hybridized carbons (Fsp3) is 0.273. The largest absolute Gasteiger partial charge is 0.465 e. The monoisotopic (exact) mass is 254 g/mol. The van der Waals surface area contributed by atoms with Crippen molar-refractivity contribution < 1.29 is 13.9 Å². The summed E-state index contributed by atoms with van der Waals surface area (Å²) in [6, 6.07) is 4.25. The van der Waals surface area contributed by atoms with Crippen molar-refractivity contribution in [2.24, 2.45) is 0 Å². The molecule has 0 atom stereocenters. The van der Waals surface area contributed by atoms with Crippen molar-refractivity contribution >= 4 is 29.2 Å². The van der Waals surface area contributed by atoms with Crippen LogP contribution in [0.15, 0.2) is 18.2 Å². The standard InChI is InChI=1S/C11H11FN2O2S/c1-2-16-10(15)6-14-9-4-3-7(12)5-8(9)13-11(14)17/h3-5H,2,6H2,1H3,(H,13,17). The quantitative estimate of drug-likeness (QED) is 0.676. The first kappa shape index (κ1) is 11.8. The number of hydrogen-bond donors (Lipinski definition) is 1. The molecule has 17 heavy (non-hydrogen) atoms. The van der Waals surface area contributed by atoms with E-state index in [9.17, 15) is 9.18 Å². The van der Waals surface area contributed by atoms with Crippen LogP contribution in [0.2, 0.25) is 0 Å². The summed E-state index contributed by atoms with van der Waals surface area (Å²) in [5, 5.41) is 0. The highest BCUT2D eigenvalue weighted by Crippen LogP contribution is 2.15. The van der Waals surface area contributed by atoms with E-state index in [0.29, 0.717) is 22.4 Å². The Balaban J connectivity index is 2.43. The maximum absolute atomic E-state index is 13.0. The lowest BCUT2D eigenvalue weighted by atomic mass is 10.3. The number of H-pyrrole nitrogens is 1. The molecule has 0 aliphatic rings. The molecule has 2 rings (SSSR count). The van der Waals surface area contributed by atoms with Gasteiger partial charge in [0.25, 0.3) is 0 Å². The number of nitrogens with zero attached hydrogens (tertiary/aromatic N) is 1. The second kappa shape index (κ2) is 4.67. The van der Waals surface area contributed by atoms with Crippen LogP contribution >= 0.6 is 12.2 Å². The predicted octanol–water partition coefficient (Wildman–Crippen LogP) is 2.40. The van der Waals surface area contributed by atoms with Crippen molar-refractivity contribution in [2.45, 2.75) is 13.5 Å². The van der Waals surface area contributed by atoms with Crippen LogP contribution in [0.3, 0.4) is 0 Å². The van der Waals surface area contributed by atoms with E-state index in [-0.39, 0.29) is 18.3 Å². The number of benzene rings is 1. The molecule has 1 aromatic heterocycles. The third kappa shape index (κ3) is 2.36. The van der Waals surface area contributed by atoms with Gasteiger partial charge < -0.3 is 14.3 Å². The molecule has 0 aliphatic heterocycles. The van der Waals surface area contributed by atoms with Gasteiger partial charge in [0, 0.05) is 0 Å². The minimum atomic E-state index is -0.367. The smallest absolute Gasteiger partial charge is 0.326 e. The van der Waals surface area contributed by atoms with Crippen molar-refractivity contribution in [2.75, 3.05) is 6.61 Å². The third-order valence-electron chi connectivity index (χ3n) is 2.33. The average Bonchev–Trinajstić information content (AvgIpc) is 2.55. The van der Waals surface area contributed by atoms with Gasteiger partial charge in [0.15, 0.2) is 4.77 Å². The normalized spacial score (nSPS) is 10.7. The van der Waals surface area contributed by atoms with Crippen LogP contribution in [0.1, 0.15) is 6.92 Å². The minimum Gasteiger partial charge on any atom is -0.465 e. The Labute approximate surface area is 102 Å². The zero-order valence-corrected chi connectivity index (χ0v) is 10.0. The van der Waals surface area contributed by atoms with Crippen LogP contribution in [-0.2, 0) is 16.1 Å². The second-order valence-corrected chi connectivity index (χ2v) is 3.87. The highest BCUT2D eigenvalue weighted by atomic mass is 32.1. The predicted molar refractivity (Wildman–Crippen MR) is 63.7 cm³/mol. The Kier molecular flexibility index (Phi) is 3.23. The molecular formula is C11H11FN2O2S. The molecule has 0 fully saturated rings. The summed E-state index contributed by atoms with van der Waals surface area (Å²) >= 11 is 5.08. The minimum absolute atomic E-state index is 0.0261. The molecule has 0 amide bonds. The van der Waals surface area contributed by atoms with E-state index in [2.05, 4.69) is 4.98 Å². The maximum atomic E-state index is 13.0. The Morgan fingerprint density at radius 1 is 1.59 bits per heavy atom. The molecule has 1 N–H and O–H groups in total. The van der Waals surface area contributed by atoms with E-state index in [4.69, 9.17) is 17.0 Å². The maximum Gasteiger partial charge on any atom is 0.326 e. The molecule has 6 heteroatoms. The molecule has 1 aromatic carbocycles. The van der Waals surface area contributed by atoms with Gasteiger partial charge in [-0.2, -0.15) is 0 Å². The Hall–Kier alpha value is -1.69. The number of imidazole rings is 1. The first-order chi connectivity index (χ1) is 8.11. The van der Waals surface area contributed by atoms with Gasteiger partial charge >= 0.3 is 5.97 Å². The number of carbonyl (C=O) groups excluding carboxylic acids is 1. The number of nitrogens with one attached hydrogen (secondary N) is 1. The van der Waals surface area contributed by atoms with Crippen LogP contribution in [0, 0.1) is 10.6 Å². The summed E-state index contributed by atoms with van der Waals surface area (Å²) in [7, 11) is 0. The van der Waals surface area contributed by atoms with E-state index in [1.54, 1.807) is 17.6 Å². The molecule has 1 heterocycles. The Morgan fingerprint density at radius 2 is 2.35 bits per heavy atom. The fourth-order valence-corrected chi connectivity index (χ4v) is 1.90. The van der Waals surface area contributed by atoms with Gasteiger partial charge in [-0.05, 0) is 37.3 Å². The SMILES string of the molecule is CCOC(=O)Cn1c(=S)[nH]c2cc(F)ccc21. The van der Waals surface area contributed by atoms with Crippen molar-refractivity contribution in [3.05, 3.63) is 28.8 Å². The number of aromatic nitrogens is 2. The van der Waals surface area contributed by atoms with Gasteiger partial charge in [-0.25, -0.2) is 4.39 Å². The molecule has 2 aromatic rings.